The number of hydrogen-bond acceptors (Lipinski definition) is 2. The first kappa shape index (κ1) is 15.0. The van der Waals surface area contributed by atoms with Crippen LogP contribution in [-0.2, 0) is 15.0 Å². The smallest absolute Gasteiger partial charge is 0.233 e. The highest BCUT2D eigenvalue weighted by Gasteiger charge is 2.54. The Hall–Kier alpha value is -1.55. The number of rotatable bonds is 2. The van der Waals surface area contributed by atoms with E-state index < -0.39 is 0 Å². The van der Waals surface area contributed by atoms with Crippen LogP contribution in [0.15, 0.2) is 24.3 Å². The van der Waals surface area contributed by atoms with E-state index in [9.17, 15) is 9.59 Å². The first-order chi connectivity index (χ1) is 11.0. The average Bonchev–Trinajstić information content (AvgIpc) is 3.29. The van der Waals surface area contributed by atoms with Crippen molar-refractivity contribution in [1.29, 1.82) is 0 Å². The lowest BCUT2D eigenvalue weighted by atomic mass is 9.77. The number of likely N-dealkylation sites (tertiary alicyclic amines) is 1. The van der Waals surface area contributed by atoms with E-state index in [2.05, 4.69) is 5.32 Å². The van der Waals surface area contributed by atoms with Crippen molar-refractivity contribution in [3.63, 3.8) is 0 Å². The summed E-state index contributed by atoms with van der Waals surface area (Å²) in [6.45, 7) is 2.31. The first-order valence-corrected chi connectivity index (χ1v) is 8.73. The highest BCUT2D eigenvalue weighted by Crippen LogP contribution is 2.50. The van der Waals surface area contributed by atoms with Crippen molar-refractivity contribution in [2.24, 2.45) is 5.41 Å². The van der Waals surface area contributed by atoms with E-state index >= 15 is 0 Å². The van der Waals surface area contributed by atoms with Crippen LogP contribution in [0.4, 0.5) is 0 Å². The largest absolute Gasteiger partial charge is 0.356 e. The predicted octanol–water partition coefficient (Wildman–Crippen LogP) is 2.50. The van der Waals surface area contributed by atoms with Gasteiger partial charge < -0.3 is 10.2 Å². The van der Waals surface area contributed by atoms with Gasteiger partial charge in [0.25, 0.3) is 0 Å². The summed E-state index contributed by atoms with van der Waals surface area (Å²) in [5.74, 6) is 0.413. The normalized spacial score (nSPS) is 24.6. The van der Waals surface area contributed by atoms with Gasteiger partial charge >= 0.3 is 0 Å². The van der Waals surface area contributed by atoms with Crippen molar-refractivity contribution >= 4 is 23.4 Å². The van der Waals surface area contributed by atoms with E-state index in [-0.39, 0.29) is 22.6 Å². The Morgan fingerprint density at radius 1 is 1.09 bits per heavy atom. The summed E-state index contributed by atoms with van der Waals surface area (Å²) in [6, 6.07) is 7.70. The second-order valence-electron chi connectivity index (χ2n) is 7.33. The SMILES string of the molecule is O=C1CC2(CCN(C(=O)C3(c4ccc(Cl)cc4)CC3)CC2)CN1. The molecule has 0 bridgehead atoms. The Morgan fingerprint density at radius 3 is 2.26 bits per heavy atom. The van der Waals surface area contributed by atoms with Gasteiger partial charge in [-0.25, -0.2) is 0 Å². The van der Waals surface area contributed by atoms with Crippen LogP contribution in [0.1, 0.15) is 37.7 Å². The molecule has 1 spiro atoms. The van der Waals surface area contributed by atoms with E-state index in [4.69, 9.17) is 11.6 Å². The Labute approximate surface area is 141 Å². The molecule has 23 heavy (non-hydrogen) atoms. The first-order valence-electron chi connectivity index (χ1n) is 8.35. The number of nitrogens with zero attached hydrogens (tertiary/aromatic N) is 1. The summed E-state index contributed by atoms with van der Waals surface area (Å²) in [5.41, 5.74) is 0.855. The number of amides is 2. The number of benzene rings is 1. The molecule has 2 aliphatic heterocycles. The monoisotopic (exact) mass is 332 g/mol. The topological polar surface area (TPSA) is 49.4 Å². The summed E-state index contributed by atoms with van der Waals surface area (Å²) in [4.78, 5) is 26.6. The minimum atomic E-state index is -0.321. The van der Waals surface area contributed by atoms with Crippen molar-refractivity contribution < 1.29 is 9.59 Å². The van der Waals surface area contributed by atoms with Gasteiger partial charge in [-0.15, -0.1) is 0 Å². The molecular weight excluding hydrogens is 312 g/mol. The minimum absolute atomic E-state index is 0.0881. The number of carbonyl (C=O) groups is 2. The molecule has 122 valence electrons. The van der Waals surface area contributed by atoms with Gasteiger partial charge in [-0.3, -0.25) is 9.59 Å². The Kier molecular flexibility index (Phi) is 3.41. The molecule has 0 atom stereocenters. The second-order valence-corrected chi connectivity index (χ2v) is 7.77. The van der Waals surface area contributed by atoms with Crippen LogP contribution in [0, 0.1) is 5.41 Å². The highest BCUT2D eigenvalue weighted by molar-refractivity contribution is 6.30. The molecule has 2 heterocycles. The van der Waals surface area contributed by atoms with Gasteiger partial charge in [0, 0.05) is 31.1 Å². The fraction of sp³-hybridized carbons (Fsp3) is 0.556. The molecule has 1 aromatic carbocycles. The number of nitrogens with one attached hydrogen (secondary N) is 1. The summed E-state index contributed by atoms with van der Waals surface area (Å²) >= 11 is 5.96. The Morgan fingerprint density at radius 2 is 1.74 bits per heavy atom. The molecule has 4 rings (SSSR count). The minimum Gasteiger partial charge on any atom is -0.356 e. The van der Waals surface area contributed by atoms with Gasteiger partial charge in [0.15, 0.2) is 0 Å². The molecule has 1 aromatic rings. The van der Waals surface area contributed by atoms with Crippen molar-refractivity contribution in [1.82, 2.24) is 10.2 Å². The summed E-state index contributed by atoms with van der Waals surface area (Å²) in [7, 11) is 0. The van der Waals surface area contributed by atoms with Crippen LogP contribution in [0.2, 0.25) is 5.02 Å². The number of carbonyl (C=O) groups excluding carboxylic acids is 2. The maximum absolute atomic E-state index is 13.0. The van der Waals surface area contributed by atoms with E-state index in [1.807, 2.05) is 29.2 Å². The van der Waals surface area contributed by atoms with E-state index in [0.29, 0.717) is 11.4 Å². The van der Waals surface area contributed by atoms with Crippen LogP contribution >= 0.6 is 11.6 Å². The maximum Gasteiger partial charge on any atom is 0.233 e. The molecule has 2 saturated heterocycles. The fourth-order valence-corrected chi connectivity index (χ4v) is 4.24. The summed E-state index contributed by atoms with van der Waals surface area (Å²) < 4.78 is 0. The molecule has 0 aromatic heterocycles. The predicted molar refractivity (Wildman–Crippen MR) is 88.2 cm³/mol. The standard InChI is InChI=1S/C18H21ClN2O2/c19-14-3-1-13(2-4-14)18(5-6-18)16(23)21-9-7-17(8-10-21)11-15(22)20-12-17/h1-4H,5-12H2,(H,20,22). The molecule has 1 saturated carbocycles. The molecule has 4 nitrogen and oxygen atoms in total. The third-order valence-corrected chi connectivity index (χ3v) is 6.12. The molecule has 0 unspecified atom stereocenters. The zero-order valence-corrected chi connectivity index (χ0v) is 13.9. The van der Waals surface area contributed by atoms with E-state index in [1.165, 1.54) is 0 Å². The lowest BCUT2D eigenvalue weighted by Gasteiger charge is -2.39. The molecule has 5 heteroatoms. The molecule has 1 N–H and O–H groups in total. The van der Waals surface area contributed by atoms with Gasteiger partial charge in [0.1, 0.15) is 0 Å². The zero-order valence-electron chi connectivity index (χ0n) is 13.1. The molecule has 3 fully saturated rings. The lowest BCUT2D eigenvalue weighted by Crippen LogP contribution is -2.47. The van der Waals surface area contributed by atoms with Crippen LogP contribution in [0.3, 0.4) is 0 Å². The summed E-state index contributed by atoms with van der Waals surface area (Å²) in [6.07, 6.45) is 4.32. The maximum atomic E-state index is 13.0. The zero-order chi connectivity index (χ0) is 16.1. The molecule has 0 radical (unpaired) electrons. The van der Waals surface area contributed by atoms with Gasteiger partial charge in [-0.1, -0.05) is 23.7 Å². The van der Waals surface area contributed by atoms with E-state index in [0.717, 1.165) is 50.9 Å². The third-order valence-electron chi connectivity index (χ3n) is 5.86. The Bertz CT molecular complexity index is 643. The van der Waals surface area contributed by atoms with Crippen LogP contribution in [0.25, 0.3) is 0 Å². The fourth-order valence-electron chi connectivity index (χ4n) is 4.11. The van der Waals surface area contributed by atoms with Crippen LogP contribution in [0.5, 0.6) is 0 Å². The third kappa shape index (κ3) is 2.53. The van der Waals surface area contributed by atoms with Crippen molar-refractivity contribution in [2.45, 2.75) is 37.5 Å². The van der Waals surface area contributed by atoms with Gasteiger partial charge in [-0.05, 0) is 48.8 Å². The number of halogens is 1. The molecule has 1 aliphatic carbocycles. The van der Waals surface area contributed by atoms with Crippen LogP contribution in [-0.4, -0.2) is 36.3 Å². The van der Waals surface area contributed by atoms with Gasteiger partial charge in [0.05, 0.1) is 5.41 Å². The second kappa shape index (κ2) is 5.23. The average molecular weight is 333 g/mol. The molecule has 2 amide bonds. The van der Waals surface area contributed by atoms with Gasteiger partial charge in [-0.2, -0.15) is 0 Å². The van der Waals surface area contributed by atoms with Crippen molar-refractivity contribution in [2.75, 3.05) is 19.6 Å². The number of hydrogen-bond donors (Lipinski definition) is 1. The Balaban J connectivity index is 1.46. The highest BCUT2D eigenvalue weighted by atomic mass is 35.5. The lowest BCUT2D eigenvalue weighted by molar-refractivity contribution is -0.136. The molecule has 3 aliphatic rings. The van der Waals surface area contributed by atoms with E-state index in [1.54, 1.807) is 0 Å². The summed E-state index contributed by atoms with van der Waals surface area (Å²) in [5, 5.41) is 3.65. The van der Waals surface area contributed by atoms with Crippen molar-refractivity contribution in [3.8, 4) is 0 Å². The van der Waals surface area contributed by atoms with Crippen LogP contribution < -0.4 is 5.32 Å². The van der Waals surface area contributed by atoms with Gasteiger partial charge in [0.2, 0.25) is 11.8 Å². The number of piperidine rings is 1. The quantitative estimate of drug-likeness (QED) is 0.904. The van der Waals surface area contributed by atoms with Crippen molar-refractivity contribution in [3.05, 3.63) is 34.9 Å². The molecular formula is C18H21ClN2O2.